The van der Waals surface area contributed by atoms with E-state index in [4.69, 9.17) is 28.9 Å². The number of carbonyl (C=O) groups is 1. The summed E-state index contributed by atoms with van der Waals surface area (Å²) in [6, 6.07) is 4.70. The van der Waals surface area contributed by atoms with Crippen molar-refractivity contribution in [2.24, 2.45) is 5.73 Å². The summed E-state index contributed by atoms with van der Waals surface area (Å²) >= 11 is 13.4. The first kappa shape index (κ1) is 15.6. The average Bonchev–Trinajstić information content (AvgIpc) is 2.34. The standard InChI is InChI=1S/C12H16Cl2N2OS/c1-18-5-4-16-12(17)11(15)7-8-2-3-9(13)10(14)6-8/h2-3,6,11H,4-5,7,15H2,1H3,(H,16,17)/t11-/m0/s1. The van der Waals surface area contributed by atoms with Crippen LogP contribution in [0.5, 0.6) is 0 Å². The van der Waals surface area contributed by atoms with Gasteiger partial charge in [-0.2, -0.15) is 11.8 Å². The number of hydrogen-bond acceptors (Lipinski definition) is 3. The highest BCUT2D eigenvalue weighted by Crippen LogP contribution is 2.22. The molecule has 1 rings (SSSR count). The van der Waals surface area contributed by atoms with Gasteiger partial charge in [0.1, 0.15) is 0 Å². The summed E-state index contributed by atoms with van der Waals surface area (Å²) in [6.07, 6.45) is 2.43. The van der Waals surface area contributed by atoms with Crippen molar-refractivity contribution in [3.8, 4) is 0 Å². The highest BCUT2D eigenvalue weighted by atomic mass is 35.5. The predicted molar refractivity (Wildman–Crippen MR) is 79.5 cm³/mol. The van der Waals surface area contributed by atoms with Crippen molar-refractivity contribution in [2.45, 2.75) is 12.5 Å². The molecule has 0 saturated carbocycles. The van der Waals surface area contributed by atoms with Crippen LogP contribution in [-0.2, 0) is 11.2 Å². The van der Waals surface area contributed by atoms with Gasteiger partial charge in [-0.3, -0.25) is 4.79 Å². The molecule has 1 aromatic rings. The summed E-state index contributed by atoms with van der Waals surface area (Å²) in [5, 5.41) is 3.76. The van der Waals surface area contributed by atoms with Crippen molar-refractivity contribution in [3.05, 3.63) is 33.8 Å². The third kappa shape index (κ3) is 5.06. The van der Waals surface area contributed by atoms with Gasteiger partial charge in [0.15, 0.2) is 0 Å². The molecule has 3 nitrogen and oxygen atoms in total. The molecule has 0 fully saturated rings. The van der Waals surface area contributed by atoms with E-state index in [1.807, 2.05) is 12.3 Å². The lowest BCUT2D eigenvalue weighted by molar-refractivity contribution is -0.122. The fourth-order valence-corrected chi connectivity index (χ4v) is 2.05. The molecule has 0 heterocycles. The Morgan fingerprint density at radius 1 is 1.44 bits per heavy atom. The largest absolute Gasteiger partial charge is 0.354 e. The van der Waals surface area contributed by atoms with Gasteiger partial charge in [0.05, 0.1) is 16.1 Å². The molecule has 0 saturated heterocycles. The molecule has 1 atom stereocenters. The molecule has 0 spiro atoms. The Bertz CT molecular complexity index is 415. The molecule has 18 heavy (non-hydrogen) atoms. The highest BCUT2D eigenvalue weighted by Gasteiger charge is 2.13. The second-order valence-corrected chi connectivity index (χ2v) is 5.64. The summed E-state index contributed by atoms with van der Waals surface area (Å²) in [4.78, 5) is 11.7. The molecule has 6 heteroatoms. The second-order valence-electron chi connectivity index (χ2n) is 3.84. The van der Waals surface area contributed by atoms with Gasteiger partial charge in [-0.15, -0.1) is 0 Å². The van der Waals surface area contributed by atoms with E-state index in [9.17, 15) is 4.79 Å². The lowest BCUT2D eigenvalue weighted by Crippen LogP contribution is -2.42. The van der Waals surface area contributed by atoms with Crippen LogP contribution in [0.25, 0.3) is 0 Å². The third-order valence-corrected chi connectivity index (χ3v) is 3.73. The quantitative estimate of drug-likeness (QED) is 0.793. The summed E-state index contributed by atoms with van der Waals surface area (Å²) in [5.41, 5.74) is 6.72. The Morgan fingerprint density at radius 2 is 2.17 bits per heavy atom. The lowest BCUT2D eigenvalue weighted by atomic mass is 10.1. The smallest absolute Gasteiger partial charge is 0.237 e. The topological polar surface area (TPSA) is 55.1 Å². The normalized spacial score (nSPS) is 12.2. The molecule has 0 radical (unpaired) electrons. The number of nitrogens with two attached hydrogens (primary N) is 1. The van der Waals surface area contributed by atoms with Gasteiger partial charge in [0.25, 0.3) is 0 Å². The molecule has 0 aliphatic rings. The average molecular weight is 307 g/mol. The van der Waals surface area contributed by atoms with Gasteiger partial charge in [-0.1, -0.05) is 29.3 Å². The van der Waals surface area contributed by atoms with Gasteiger partial charge in [-0.05, 0) is 30.4 Å². The van der Waals surface area contributed by atoms with Crippen LogP contribution in [0.15, 0.2) is 18.2 Å². The molecule has 1 aromatic carbocycles. The van der Waals surface area contributed by atoms with Crippen LogP contribution in [0.4, 0.5) is 0 Å². The minimum absolute atomic E-state index is 0.143. The summed E-state index contributed by atoms with van der Waals surface area (Å²) in [5.74, 6) is 0.737. The van der Waals surface area contributed by atoms with Crippen LogP contribution in [0, 0.1) is 0 Å². The molecule has 0 aromatic heterocycles. The number of benzene rings is 1. The van der Waals surface area contributed by atoms with Crippen LogP contribution < -0.4 is 11.1 Å². The Hall–Kier alpha value is -0.420. The third-order valence-electron chi connectivity index (χ3n) is 2.38. The molecule has 1 amide bonds. The van der Waals surface area contributed by atoms with Crippen molar-refractivity contribution in [1.82, 2.24) is 5.32 Å². The van der Waals surface area contributed by atoms with Gasteiger partial charge in [0, 0.05) is 12.3 Å². The lowest BCUT2D eigenvalue weighted by Gasteiger charge is -2.12. The monoisotopic (exact) mass is 306 g/mol. The first-order valence-corrected chi connectivity index (χ1v) is 7.65. The van der Waals surface area contributed by atoms with Crippen molar-refractivity contribution in [2.75, 3.05) is 18.6 Å². The van der Waals surface area contributed by atoms with E-state index in [-0.39, 0.29) is 5.91 Å². The summed E-state index contributed by atoms with van der Waals surface area (Å²) in [6.45, 7) is 0.634. The Balaban J connectivity index is 2.50. The summed E-state index contributed by atoms with van der Waals surface area (Å²) in [7, 11) is 0. The Kier molecular flexibility index (Phi) is 6.86. The molecule has 0 aliphatic heterocycles. The van der Waals surface area contributed by atoms with E-state index in [2.05, 4.69) is 5.32 Å². The minimum atomic E-state index is -0.566. The zero-order valence-electron chi connectivity index (χ0n) is 10.1. The molecule has 0 aliphatic carbocycles. The maximum absolute atomic E-state index is 11.7. The van der Waals surface area contributed by atoms with E-state index in [1.165, 1.54) is 0 Å². The number of hydrogen-bond donors (Lipinski definition) is 2. The van der Waals surface area contributed by atoms with Crippen molar-refractivity contribution in [1.29, 1.82) is 0 Å². The van der Waals surface area contributed by atoms with Gasteiger partial charge in [-0.25, -0.2) is 0 Å². The van der Waals surface area contributed by atoms with Crippen LogP contribution in [-0.4, -0.2) is 30.5 Å². The van der Waals surface area contributed by atoms with E-state index in [0.29, 0.717) is 23.0 Å². The number of carbonyl (C=O) groups excluding carboxylic acids is 1. The van der Waals surface area contributed by atoms with Crippen LogP contribution in [0.1, 0.15) is 5.56 Å². The van der Waals surface area contributed by atoms with Gasteiger partial charge >= 0.3 is 0 Å². The SMILES string of the molecule is CSCCNC(=O)[C@@H](N)Cc1ccc(Cl)c(Cl)c1. The maximum Gasteiger partial charge on any atom is 0.237 e. The van der Waals surface area contributed by atoms with Crippen LogP contribution >= 0.6 is 35.0 Å². The van der Waals surface area contributed by atoms with E-state index < -0.39 is 6.04 Å². The molecule has 3 N–H and O–H groups in total. The number of nitrogens with one attached hydrogen (secondary N) is 1. The highest BCUT2D eigenvalue weighted by molar-refractivity contribution is 7.98. The zero-order valence-corrected chi connectivity index (χ0v) is 12.4. The number of rotatable bonds is 6. The van der Waals surface area contributed by atoms with Crippen molar-refractivity contribution >= 4 is 40.9 Å². The Morgan fingerprint density at radius 3 is 2.78 bits per heavy atom. The Labute approximate surface area is 121 Å². The number of amides is 1. The minimum Gasteiger partial charge on any atom is -0.354 e. The predicted octanol–water partition coefficient (Wildman–Crippen LogP) is 2.34. The fourth-order valence-electron chi connectivity index (χ4n) is 1.42. The molecular weight excluding hydrogens is 291 g/mol. The molecular formula is C12H16Cl2N2OS. The maximum atomic E-state index is 11.7. The van der Waals surface area contributed by atoms with Gasteiger partial charge in [0.2, 0.25) is 5.91 Å². The van der Waals surface area contributed by atoms with E-state index in [0.717, 1.165) is 11.3 Å². The first-order chi connectivity index (χ1) is 8.54. The van der Waals surface area contributed by atoms with Crippen molar-refractivity contribution in [3.63, 3.8) is 0 Å². The second kappa shape index (κ2) is 7.89. The van der Waals surface area contributed by atoms with Gasteiger partial charge < -0.3 is 11.1 Å². The fraction of sp³-hybridized carbons (Fsp3) is 0.417. The van der Waals surface area contributed by atoms with E-state index in [1.54, 1.807) is 23.9 Å². The molecule has 0 bridgehead atoms. The molecule has 0 unspecified atom stereocenters. The molecule has 100 valence electrons. The van der Waals surface area contributed by atoms with Crippen LogP contribution in [0.2, 0.25) is 10.0 Å². The zero-order chi connectivity index (χ0) is 13.5. The van der Waals surface area contributed by atoms with Crippen LogP contribution in [0.3, 0.4) is 0 Å². The first-order valence-electron chi connectivity index (χ1n) is 5.50. The van der Waals surface area contributed by atoms with Crippen molar-refractivity contribution < 1.29 is 4.79 Å². The summed E-state index contributed by atoms with van der Waals surface area (Å²) < 4.78 is 0. The van der Waals surface area contributed by atoms with E-state index >= 15 is 0 Å². The number of thioether (sulfide) groups is 1. The number of halogens is 2.